The van der Waals surface area contributed by atoms with Gasteiger partial charge in [-0.25, -0.2) is 0 Å². The Morgan fingerprint density at radius 2 is 0.582 bits per heavy atom. The normalized spacial score (nSPS) is 31.2. The minimum absolute atomic E-state index is 0.646. The Morgan fingerprint density at radius 1 is 0.328 bits per heavy atom. The molecule has 0 unspecified atom stereocenters. The fraction of sp³-hybridized carbons (Fsp3) is 0.725. The molecule has 3 fully saturated rings. The Kier molecular flexibility index (Phi) is 20.8. The van der Waals surface area contributed by atoms with E-state index in [1.165, 1.54) is 0 Å². The van der Waals surface area contributed by atoms with Crippen molar-refractivity contribution in [3.05, 3.63) is 0 Å². The average molecular weight is 964 g/mol. The zero-order valence-electron chi connectivity index (χ0n) is 38.6. The molecule has 0 aromatic rings. The van der Waals surface area contributed by atoms with Gasteiger partial charge in [0.2, 0.25) is 24.0 Å². The molecule has 0 spiro atoms. The third kappa shape index (κ3) is 17.0. The Labute approximate surface area is 383 Å². The molecule has 3 aliphatic rings. The second-order valence-corrected chi connectivity index (χ2v) is 15.3. The molecular weight excluding hydrogens is 906 g/mol. The second kappa shape index (κ2) is 25.2. The summed E-state index contributed by atoms with van der Waals surface area (Å²) in [4.78, 5) is 138. The first-order chi connectivity index (χ1) is 31.3. The molecule has 0 bridgehead atoms. The number of nitrogens with one attached hydrogen (secondary N) is 3. The Morgan fingerprint density at radius 3 is 0.866 bits per heavy atom. The van der Waals surface area contributed by atoms with Crippen molar-refractivity contribution in [2.45, 2.75) is 168 Å². The molecule has 3 amide bonds. The fourth-order valence-electron chi connectivity index (χ4n) is 7.34. The molecule has 3 rings (SSSR count). The first kappa shape index (κ1) is 55.3. The highest BCUT2D eigenvalue weighted by Crippen LogP contribution is 2.36. The maximum atomic E-state index is 13.0. The standard InChI is InChI=1S/C40H57N3O24/c1-15(44)41-29-36(60-23(9)52)33(27(13-56-19(5)48)63-38(29)62-25(11)54)66-40-31(43-17(3)46)37(61-24(10)53)34(28(65-40)14-57-20(6)49)67-39-30(42-16(2)45)35(59-22(8)51)32(58-21(7)50)26(64-39)12-55-18(4)47/h26-40H,12-14H2,1-11H3,(H,41,44)(H,42,45)(H,43,46)/t26-,27-,28-,29-,30-,31-,32-,33-,34-,35-,36-,37-,38-,39+,40+/m1/s1. The number of amides is 3. The van der Waals surface area contributed by atoms with Crippen molar-refractivity contribution < 1.29 is 114 Å². The van der Waals surface area contributed by atoms with Gasteiger partial charge in [-0.3, -0.25) is 52.7 Å². The lowest BCUT2D eigenvalue weighted by molar-refractivity contribution is -0.352. The number of hydrogen-bond acceptors (Lipinski definition) is 24. The average Bonchev–Trinajstić information content (AvgIpc) is 3.17. The summed E-state index contributed by atoms with van der Waals surface area (Å²) in [6, 6.07) is -4.82. The van der Waals surface area contributed by atoms with Crippen LogP contribution in [0.25, 0.3) is 0 Å². The van der Waals surface area contributed by atoms with Crippen LogP contribution in [0.15, 0.2) is 0 Å². The molecule has 3 aliphatic heterocycles. The molecule has 15 atom stereocenters. The van der Waals surface area contributed by atoms with E-state index in [-0.39, 0.29) is 0 Å². The van der Waals surface area contributed by atoms with Crippen molar-refractivity contribution >= 4 is 65.5 Å². The SMILES string of the molecule is CC(=O)N[C@H]1[C@H](O[C@H]2[C@H](OC(C)=O)[C@@H](NC(C)=O)[C@H](O[C@H]3[C@H](OC(C)=O)[C@@H](NC(C)=O)[C@H](OC(C)=O)O[C@@H]3COC(C)=O)O[C@@H]2COC(C)=O)O[C@H](COC(C)=O)[C@@H](OC(C)=O)[C@@H]1OC(C)=O. The lowest BCUT2D eigenvalue weighted by Crippen LogP contribution is -2.72. The van der Waals surface area contributed by atoms with Crippen LogP contribution in [-0.4, -0.2) is 177 Å². The summed E-state index contributed by atoms with van der Waals surface area (Å²) in [6.07, 6.45) is -20.3. The lowest BCUT2D eigenvalue weighted by atomic mass is 9.93. The van der Waals surface area contributed by atoms with Gasteiger partial charge in [0.15, 0.2) is 37.0 Å². The van der Waals surface area contributed by atoms with Gasteiger partial charge >= 0.3 is 47.8 Å². The van der Waals surface area contributed by atoms with Gasteiger partial charge in [-0.15, -0.1) is 0 Å². The molecular formula is C40H57N3O24. The number of hydrogen-bond donors (Lipinski definition) is 3. The van der Waals surface area contributed by atoms with E-state index >= 15 is 0 Å². The van der Waals surface area contributed by atoms with Gasteiger partial charge < -0.3 is 77.5 Å². The molecule has 0 aliphatic carbocycles. The maximum absolute atomic E-state index is 13.0. The highest BCUT2D eigenvalue weighted by atomic mass is 16.8. The van der Waals surface area contributed by atoms with Crippen molar-refractivity contribution in [2.24, 2.45) is 0 Å². The van der Waals surface area contributed by atoms with Gasteiger partial charge in [0.25, 0.3) is 0 Å². The Balaban J connectivity index is 2.31. The third-order valence-electron chi connectivity index (χ3n) is 9.47. The molecule has 0 radical (unpaired) electrons. The minimum atomic E-state index is -1.90. The second-order valence-electron chi connectivity index (χ2n) is 15.3. The molecule has 0 aromatic carbocycles. The third-order valence-corrected chi connectivity index (χ3v) is 9.47. The van der Waals surface area contributed by atoms with Crippen LogP contribution in [0.4, 0.5) is 0 Å². The largest absolute Gasteiger partial charge is 0.463 e. The van der Waals surface area contributed by atoms with Crippen molar-refractivity contribution in [1.82, 2.24) is 16.0 Å². The zero-order chi connectivity index (χ0) is 50.4. The van der Waals surface area contributed by atoms with Gasteiger partial charge in [0.05, 0.1) is 0 Å². The molecule has 3 N–H and O–H groups in total. The molecule has 67 heavy (non-hydrogen) atoms. The highest BCUT2D eigenvalue weighted by molar-refractivity contribution is 5.75. The number of carbonyl (C=O) groups excluding carboxylic acids is 11. The van der Waals surface area contributed by atoms with Crippen LogP contribution >= 0.6 is 0 Å². The van der Waals surface area contributed by atoms with Crippen LogP contribution in [0.2, 0.25) is 0 Å². The van der Waals surface area contributed by atoms with E-state index in [1.54, 1.807) is 0 Å². The van der Waals surface area contributed by atoms with E-state index in [4.69, 9.17) is 61.6 Å². The molecule has 27 heteroatoms. The summed E-state index contributed by atoms with van der Waals surface area (Å²) in [7, 11) is 0. The van der Waals surface area contributed by atoms with E-state index in [0.29, 0.717) is 0 Å². The molecule has 0 aromatic heterocycles. The predicted molar refractivity (Wildman–Crippen MR) is 212 cm³/mol. The van der Waals surface area contributed by atoms with Gasteiger partial charge in [0.1, 0.15) is 68.5 Å². The Bertz CT molecular complexity index is 1860. The van der Waals surface area contributed by atoms with E-state index in [2.05, 4.69) is 16.0 Å². The van der Waals surface area contributed by atoms with Crippen LogP contribution in [0.3, 0.4) is 0 Å². The van der Waals surface area contributed by atoms with Crippen molar-refractivity contribution in [2.75, 3.05) is 19.8 Å². The number of esters is 8. The number of ether oxygens (including phenoxy) is 13. The molecule has 376 valence electrons. The Hall–Kier alpha value is -6.03. The molecule has 0 saturated carbocycles. The van der Waals surface area contributed by atoms with E-state index in [1.807, 2.05) is 0 Å². The van der Waals surface area contributed by atoms with E-state index in [9.17, 15) is 52.7 Å². The monoisotopic (exact) mass is 963 g/mol. The van der Waals surface area contributed by atoms with Crippen molar-refractivity contribution in [3.63, 3.8) is 0 Å². The van der Waals surface area contributed by atoms with Crippen LogP contribution in [0.1, 0.15) is 76.2 Å². The van der Waals surface area contributed by atoms with Crippen molar-refractivity contribution in [3.8, 4) is 0 Å². The summed E-state index contributed by atoms with van der Waals surface area (Å²) < 4.78 is 74.9. The lowest BCUT2D eigenvalue weighted by Gasteiger charge is -2.51. The maximum Gasteiger partial charge on any atom is 0.305 e. The van der Waals surface area contributed by atoms with Gasteiger partial charge in [-0.1, -0.05) is 0 Å². The van der Waals surface area contributed by atoms with Crippen LogP contribution in [0.5, 0.6) is 0 Å². The van der Waals surface area contributed by atoms with Gasteiger partial charge in [-0.05, 0) is 0 Å². The van der Waals surface area contributed by atoms with Gasteiger partial charge in [0, 0.05) is 76.2 Å². The zero-order valence-corrected chi connectivity index (χ0v) is 38.6. The van der Waals surface area contributed by atoms with Gasteiger partial charge in [-0.2, -0.15) is 0 Å². The summed E-state index contributed by atoms with van der Waals surface area (Å²) >= 11 is 0. The van der Waals surface area contributed by atoms with Crippen LogP contribution < -0.4 is 16.0 Å². The predicted octanol–water partition coefficient (Wildman–Crippen LogP) is -2.58. The summed E-state index contributed by atoms with van der Waals surface area (Å²) in [5.74, 6) is -9.50. The number of rotatable bonds is 18. The minimum Gasteiger partial charge on any atom is -0.463 e. The van der Waals surface area contributed by atoms with E-state index < -0.39 is 177 Å². The molecule has 3 heterocycles. The van der Waals surface area contributed by atoms with Crippen molar-refractivity contribution in [1.29, 1.82) is 0 Å². The summed E-state index contributed by atoms with van der Waals surface area (Å²) in [5, 5.41) is 7.57. The first-order valence-corrected chi connectivity index (χ1v) is 20.6. The number of carbonyl (C=O) groups is 11. The smallest absolute Gasteiger partial charge is 0.305 e. The van der Waals surface area contributed by atoms with Crippen LogP contribution in [-0.2, 0) is 114 Å². The highest BCUT2D eigenvalue weighted by Gasteiger charge is 2.58. The molecule has 27 nitrogen and oxygen atoms in total. The first-order valence-electron chi connectivity index (χ1n) is 20.6. The van der Waals surface area contributed by atoms with E-state index in [0.717, 1.165) is 76.2 Å². The van der Waals surface area contributed by atoms with Crippen LogP contribution in [0, 0.1) is 0 Å². The quantitative estimate of drug-likeness (QED) is 0.0938. The summed E-state index contributed by atoms with van der Waals surface area (Å²) in [6.45, 7) is 9.36. The summed E-state index contributed by atoms with van der Waals surface area (Å²) in [5.41, 5.74) is 0. The topological polar surface area (TPSA) is 344 Å². The molecule has 3 saturated heterocycles. The fourth-order valence-corrected chi connectivity index (χ4v) is 7.34.